The first kappa shape index (κ1) is 15.8. The third-order valence-electron chi connectivity index (χ3n) is 3.79. The molecule has 1 atom stereocenters. The van der Waals surface area contributed by atoms with Crippen LogP contribution in [0.15, 0.2) is 24.3 Å². The first-order chi connectivity index (χ1) is 9.97. The molecule has 1 aromatic rings. The molecule has 5 nitrogen and oxygen atoms in total. The largest absolute Gasteiger partial charge is 0.397 e. The zero-order valence-corrected chi connectivity index (χ0v) is 13.1. The van der Waals surface area contributed by atoms with Crippen LogP contribution in [0.1, 0.15) is 32.6 Å². The van der Waals surface area contributed by atoms with E-state index < -0.39 is 15.1 Å². The molecular formula is C15H22N2O3S. The van der Waals surface area contributed by atoms with Gasteiger partial charge in [0, 0.05) is 6.54 Å². The van der Waals surface area contributed by atoms with Crippen molar-refractivity contribution in [1.29, 1.82) is 0 Å². The van der Waals surface area contributed by atoms with Gasteiger partial charge in [0.2, 0.25) is 5.91 Å². The van der Waals surface area contributed by atoms with Crippen LogP contribution < -0.4 is 10.6 Å². The molecule has 6 heteroatoms. The van der Waals surface area contributed by atoms with Crippen LogP contribution in [-0.2, 0) is 14.6 Å². The number of carbonyl (C=O) groups excluding carboxylic acids is 1. The zero-order valence-electron chi connectivity index (χ0n) is 12.3. The number of carbonyl (C=O) groups is 1. The van der Waals surface area contributed by atoms with E-state index in [1.807, 2.05) is 6.92 Å². The molecule has 1 heterocycles. The Morgan fingerprint density at radius 2 is 2.05 bits per heavy atom. The summed E-state index contributed by atoms with van der Waals surface area (Å²) in [5.41, 5.74) is 7.04. The second kappa shape index (κ2) is 6.47. The molecule has 0 bridgehead atoms. The van der Waals surface area contributed by atoms with Gasteiger partial charge in [0.05, 0.1) is 17.1 Å². The van der Waals surface area contributed by atoms with Gasteiger partial charge in [-0.2, -0.15) is 0 Å². The number of amides is 1. The summed E-state index contributed by atoms with van der Waals surface area (Å²) in [6.07, 6.45) is 2.58. The molecule has 1 aliphatic heterocycles. The number of sulfone groups is 1. The van der Waals surface area contributed by atoms with Crippen LogP contribution >= 0.6 is 0 Å². The smallest absolute Gasteiger partial charge is 0.245 e. The van der Waals surface area contributed by atoms with E-state index in [-0.39, 0.29) is 11.7 Å². The van der Waals surface area contributed by atoms with Gasteiger partial charge in [0.15, 0.2) is 9.84 Å². The second-order valence-corrected chi connectivity index (χ2v) is 7.70. The van der Waals surface area contributed by atoms with Crippen molar-refractivity contribution >= 4 is 27.1 Å². The van der Waals surface area contributed by atoms with E-state index in [0.717, 1.165) is 12.8 Å². The van der Waals surface area contributed by atoms with E-state index in [9.17, 15) is 13.2 Å². The van der Waals surface area contributed by atoms with E-state index >= 15 is 0 Å². The molecule has 1 aromatic carbocycles. The summed E-state index contributed by atoms with van der Waals surface area (Å²) < 4.78 is 24.3. The molecular weight excluding hydrogens is 288 g/mol. The fourth-order valence-electron chi connectivity index (χ4n) is 2.71. The van der Waals surface area contributed by atoms with Gasteiger partial charge in [0.25, 0.3) is 0 Å². The third kappa shape index (κ3) is 3.37. The number of benzene rings is 1. The van der Waals surface area contributed by atoms with Crippen LogP contribution in [0.5, 0.6) is 0 Å². The van der Waals surface area contributed by atoms with Gasteiger partial charge in [-0.1, -0.05) is 25.5 Å². The van der Waals surface area contributed by atoms with Gasteiger partial charge in [-0.05, 0) is 31.4 Å². The Labute approximate surface area is 126 Å². The summed E-state index contributed by atoms with van der Waals surface area (Å²) >= 11 is 0. The summed E-state index contributed by atoms with van der Waals surface area (Å²) in [6.45, 7) is 2.42. The predicted molar refractivity (Wildman–Crippen MR) is 84.9 cm³/mol. The molecule has 0 spiro atoms. The number of rotatable bonds is 4. The number of para-hydroxylation sites is 2. The third-order valence-corrected chi connectivity index (χ3v) is 5.96. The number of hydrogen-bond acceptors (Lipinski definition) is 4. The molecule has 0 aromatic heterocycles. The molecule has 1 unspecified atom stereocenters. The maximum absolute atomic E-state index is 12.7. The lowest BCUT2D eigenvalue weighted by Crippen LogP contribution is -2.46. The standard InChI is InChI=1S/C15H22N2O3S/c1-2-10-17(13-8-4-3-7-12(13)16)15(18)14-9-5-6-11-21(14,19)20/h3-4,7-8,14H,2,5-6,9-11,16H2,1H3. The molecule has 1 saturated heterocycles. The van der Waals surface area contributed by atoms with E-state index in [4.69, 9.17) is 5.73 Å². The van der Waals surface area contributed by atoms with E-state index in [1.54, 1.807) is 24.3 Å². The first-order valence-electron chi connectivity index (χ1n) is 7.35. The van der Waals surface area contributed by atoms with Crippen LogP contribution in [-0.4, -0.2) is 31.9 Å². The molecule has 2 rings (SSSR count). The topological polar surface area (TPSA) is 80.5 Å². The summed E-state index contributed by atoms with van der Waals surface area (Å²) in [7, 11) is -3.34. The monoisotopic (exact) mass is 310 g/mol. The number of hydrogen-bond donors (Lipinski definition) is 1. The minimum absolute atomic E-state index is 0.105. The lowest BCUT2D eigenvalue weighted by Gasteiger charge is -2.29. The van der Waals surface area contributed by atoms with Crippen molar-refractivity contribution in [3.63, 3.8) is 0 Å². The van der Waals surface area contributed by atoms with E-state index in [0.29, 0.717) is 30.8 Å². The SMILES string of the molecule is CCCN(C(=O)C1CCCCS1(=O)=O)c1ccccc1N. The average molecular weight is 310 g/mol. The molecule has 0 saturated carbocycles. The summed E-state index contributed by atoms with van der Waals surface area (Å²) in [4.78, 5) is 14.3. The minimum atomic E-state index is -3.34. The lowest BCUT2D eigenvalue weighted by atomic mass is 10.1. The molecule has 116 valence electrons. The number of nitrogen functional groups attached to an aromatic ring is 1. The molecule has 1 aliphatic rings. The van der Waals surface area contributed by atoms with Crippen molar-refractivity contribution in [2.24, 2.45) is 0 Å². The number of nitrogens with two attached hydrogens (primary N) is 1. The van der Waals surface area contributed by atoms with Crippen molar-refractivity contribution in [3.8, 4) is 0 Å². The maximum Gasteiger partial charge on any atom is 0.245 e. The van der Waals surface area contributed by atoms with Gasteiger partial charge in [-0.3, -0.25) is 4.79 Å². The van der Waals surface area contributed by atoms with Crippen molar-refractivity contribution in [1.82, 2.24) is 0 Å². The molecule has 0 aliphatic carbocycles. The van der Waals surface area contributed by atoms with Crippen molar-refractivity contribution in [2.75, 3.05) is 22.9 Å². The average Bonchev–Trinajstić information content (AvgIpc) is 2.45. The quantitative estimate of drug-likeness (QED) is 0.862. The first-order valence-corrected chi connectivity index (χ1v) is 9.06. The van der Waals surface area contributed by atoms with E-state index in [2.05, 4.69) is 0 Å². The Balaban J connectivity index is 2.34. The van der Waals surface area contributed by atoms with Gasteiger partial charge in [-0.15, -0.1) is 0 Å². The minimum Gasteiger partial charge on any atom is -0.397 e. The van der Waals surface area contributed by atoms with E-state index in [1.165, 1.54) is 4.90 Å². The summed E-state index contributed by atoms with van der Waals surface area (Å²) in [6, 6.07) is 7.08. The number of nitrogens with zero attached hydrogens (tertiary/aromatic N) is 1. The summed E-state index contributed by atoms with van der Waals surface area (Å²) in [5.74, 6) is -0.234. The highest BCUT2D eigenvalue weighted by Gasteiger charge is 2.37. The highest BCUT2D eigenvalue weighted by molar-refractivity contribution is 7.92. The highest BCUT2D eigenvalue weighted by atomic mass is 32.2. The van der Waals surface area contributed by atoms with Crippen LogP contribution in [0.2, 0.25) is 0 Å². The Morgan fingerprint density at radius 3 is 2.67 bits per heavy atom. The summed E-state index contributed by atoms with van der Waals surface area (Å²) in [5, 5.41) is -0.919. The van der Waals surface area contributed by atoms with Crippen LogP contribution in [0.4, 0.5) is 11.4 Å². The molecule has 1 amide bonds. The predicted octanol–water partition coefficient (Wildman–Crippen LogP) is 1.98. The Bertz CT molecular complexity index is 613. The van der Waals surface area contributed by atoms with Crippen LogP contribution in [0.3, 0.4) is 0 Å². The fraction of sp³-hybridized carbons (Fsp3) is 0.533. The fourth-order valence-corrected chi connectivity index (χ4v) is 4.56. The Kier molecular flexibility index (Phi) is 4.88. The van der Waals surface area contributed by atoms with Gasteiger partial charge >= 0.3 is 0 Å². The molecule has 21 heavy (non-hydrogen) atoms. The van der Waals surface area contributed by atoms with Gasteiger partial charge < -0.3 is 10.6 Å². The Morgan fingerprint density at radius 1 is 1.33 bits per heavy atom. The normalized spacial score (nSPS) is 20.9. The Hall–Kier alpha value is -1.56. The second-order valence-electron chi connectivity index (χ2n) is 5.40. The highest BCUT2D eigenvalue weighted by Crippen LogP contribution is 2.27. The lowest BCUT2D eigenvalue weighted by molar-refractivity contribution is -0.118. The maximum atomic E-state index is 12.7. The molecule has 2 N–H and O–H groups in total. The van der Waals surface area contributed by atoms with Crippen molar-refractivity contribution < 1.29 is 13.2 Å². The van der Waals surface area contributed by atoms with Crippen molar-refractivity contribution in [2.45, 2.75) is 37.9 Å². The number of anilines is 2. The zero-order chi connectivity index (χ0) is 15.5. The molecule has 0 radical (unpaired) electrons. The van der Waals surface area contributed by atoms with Gasteiger partial charge in [-0.25, -0.2) is 8.42 Å². The van der Waals surface area contributed by atoms with Crippen molar-refractivity contribution in [3.05, 3.63) is 24.3 Å². The molecule has 1 fully saturated rings. The van der Waals surface area contributed by atoms with Gasteiger partial charge in [0.1, 0.15) is 5.25 Å². The van der Waals surface area contributed by atoms with Crippen LogP contribution in [0, 0.1) is 0 Å². The van der Waals surface area contributed by atoms with Crippen LogP contribution in [0.25, 0.3) is 0 Å².